The van der Waals surface area contributed by atoms with Gasteiger partial charge in [-0.05, 0) is 6.42 Å². The molecule has 0 fully saturated rings. The zero-order valence-corrected chi connectivity index (χ0v) is 7.43. The van der Waals surface area contributed by atoms with E-state index in [1.54, 1.807) is 6.08 Å². The van der Waals surface area contributed by atoms with Crippen LogP contribution in [-0.4, -0.2) is 24.4 Å². The van der Waals surface area contributed by atoms with E-state index in [0.717, 1.165) is 0 Å². The highest BCUT2D eigenvalue weighted by atomic mass is 32.1. The number of hydrogen-bond donors (Lipinski definition) is 2. The van der Waals surface area contributed by atoms with Gasteiger partial charge < -0.3 is 10.5 Å². The van der Waals surface area contributed by atoms with Crippen LogP contribution in [0.4, 0.5) is 0 Å². The average molecular weight is 175 g/mol. The van der Waals surface area contributed by atoms with E-state index in [1.807, 2.05) is 0 Å². The molecule has 0 aromatic rings. The van der Waals surface area contributed by atoms with Gasteiger partial charge in [-0.3, -0.25) is 4.79 Å². The van der Waals surface area contributed by atoms with E-state index in [1.165, 1.54) is 7.11 Å². The number of ether oxygens (including phenoxy) is 1. The predicted octanol–water partition coefficient (Wildman–Crippen LogP) is 0.363. The summed E-state index contributed by atoms with van der Waals surface area (Å²) in [6, 6.07) is 0. The zero-order chi connectivity index (χ0) is 8.91. The maximum atomic E-state index is 11.0. The van der Waals surface area contributed by atoms with Crippen LogP contribution in [0, 0.1) is 0 Å². The van der Waals surface area contributed by atoms with Crippen molar-refractivity contribution in [2.75, 3.05) is 12.9 Å². The largest absolute Gasteiger partial charge is 0.468 e. The Morgan fingerprint density at radius 2 is 2.45 bits per heavy atom. The first-order chi connectivity index (χ1) is 5.10. The molecule has 4 heteroatoms. The number of carbonyl (C=O) groups excluding carboxylic acids is 1. The standard InChI is InChI=1S/C7H13NO2S/c1-3-4-7(8,5-11)6(9)10-2/h3,11H,1,4-5,8H2,2H3. The summed E-state index contributed by atoms with van der Waals surface area (Å²) in [4.78, 5) is 11.0. The van der Waals surface area contributed by atoms with E-state index in [0.29, 0.717) is 6.42 Å². The number of carbonyl (C=O) groups is 1. The third-order valence-corrected chi connectivity index (χ3v) is 1.95. The molecule has 1 atom stereocenters. The molecular formula is C7H13NO2S. The topological polar surface area (TPSA) is 52.3 Å². The minimum atomic E-state index is -1.01. The highest BCUT2D eigenvalue weighted by Crippen LogP contribution is 2.11. The van der Waals surface area contributed by atoms with E-state index in [-0.39, 0.29) is 5.75 Å². The van der Waals surface area contributed by atoms with Crippen LogP contribution in [0.5, 0.6) is 0 Å². The van der Waals surface area contributed by atoms with E-state index in [9.17, 15) is 4.79 Å². The molecule has 0 aliphatic heterocycles. The third kappa shape index (κ3) is 2.55. The Morgan fingerprint density at radius 1 is 1.91 bits per heavy atom. The summed E-state index contributed by atoms with van der Waals surface area (Å²) < 4.78 is 4.50. The fourth-order valence-electron chi connectivity index (χ4n) is 0.673. The van der Waals surface area contributed by atoms with Gasteiger partial charge in [0.05, 0.1) is 7.11 Å². The molecule has 0 saturated heterocycles. The molecule has 0 aromatic carbocycles. The summed E-state index contributed by atoms with van der Waals surface area (Å²) in [5, 5.41) is 0. The molecular weight excluding hydrogens is 162 g/mol. The van der Waals surface area contributed by atoms with Crippen LogP contribution < -0.4 is 5.73 Å². The third-order valence-electron chi connectivity index (χ3n) is 1.38. The van der Waals surface area contributed by atoms with Crippen LogP contribution >= 0.6 is 12.6 Å². The van der Waals surface area contributed by atoms with Crippen molar-refractivity contribution < 1.29 is 9.53 Å². The van der Waals surface area contributed by atoms with Gasteiger partial charge in [0.15, 0.2) is 0 Å². The smallest absolute Gasteiger partial charge is 0.327 e. The lowest BCUT2D eigenvalue weighted by molar-refractivity contribution is -0.146. The van der Waals surface area contributed by atoms with E-state index < -0.39 is 11.5 Å². The van der Waals surface area contributed by atoms with Gasteiger partial charge in [0, 0.05) is 5.75 Å². The molecule has 0 saturated carbocycles. The lowest BCUT2D eigenvalue weighted by Gasteiger charge is -2.22. The second-order valence-electron chi connectivity index (χ2n) is 2.30. The molecule has 11 heavy (non-hydrogen) atoms. The van der Waals surface area contributed by atoms with Crippen LogP contribution in [0.2, 0.25) is 0 Å². The SMILES string of the molecule is C=CCC(N)(CS)C(=O)OC. The summed E-state index contributed by atoms with van der Waals surface area (Å²) in [5.41, 5.74) is 4.63. The lowest BCUT2D eigenvalue weighted by atomic mass is 10.00. The first-order valence-corrected chi connectivity index (χ1v) is 3.83. The minimum absolute atomic E-state index is 0.256. The second kappa shape index (κ2) is 4.41. The zero-order valence-electron chi connectivity index (χ0n) is 6.54. The van der Waals surface area contributed by atoms with Crippen molar-refractivity contribution >= 4 is 18.6 Å². The molecule has 0 heterocycles. The molecule has 2 N–H and O–H groups in total. The number of methoxy groups -OCH3 is 1. The number of rotatable bonds is 4. The van der Waals surface area contributed by atoms with Crippen LogP contribution in [-0.2, 0) is 9.53 Å². The van der Waals surface area contributed by atoms with Crippen LogP contribution in [0.3, 0.4) is 0 Å². The van der Waals surface area contributed by atoms with Gasteiger partial charge in [-0.2, -0.15) is 12.6 Å². The Kier molecular flexibility index (Phi) is 4.22. The average Bonchev–Trinajstić information content (AvgIpc) is 2.03. The van der Waals surface area contributed by atoms with Crippen molar-refractivity contribution in [1.29, 1.82) is 0 Å². The fourth-order valence-corrected chi connectivity index (χ4v) is 0.931. The van der Waals surface area contributed by atoms with Gasteiger partial charge in [0.2, 0.25) is 0 Å². The number of thiol groups is 1. The minimum Gasteiger partial charge on any atom is -0.468 e. The van der Waals surface area contributed by atoms with Gasteiger partial charge in [0.25, 0.3) is 0 Å². The molecule has 0 aromatic heterocycles. The van der Waals surface area contributed by atoms with Crippen molar-refractivity contribution in [2.45, 2.75) is 12.0 Å². The van der Waals surface area contributed by atoms with E-state index in [4.69, 9.17) is 5.73 Å². The van der Waals surface area contributed by atoms with E-state index in [2.05, 4.69) is 23.9 Å². The molecule has 0 amide bonds. The molecule has 0 bridgehead atoms. The maximum absolute atomic E-state index is 11.0. The first kappa shape index (κ1) is 10.5. The summed E-state index contributed by atoms with van der Waals surface area (Å²) in [7, 11) is 1.30. The van der Waals surface area contributed by atoms with Gasteiger partial charge in [-0.25, -0.2) is 0 Å². The Labute approximate surface area is 72.0 Å². The highest BCUT2D eigenvalue weighted by molar-refractivity contribution is 7.80. The monoisotopic (exact) mass is 175 g/mol. The Hall–Kier alpha value is -0.480. The van der Waals surface area contributed by atoms with Crippen LogP contribution in [0.15, 0.2) is 12.7 Å². The van der Waals surface area contributed by atoms with Crippen LogP contribution in [0.25, 0.3) is 0 Å². The van der Waals surface area contributed by atoms with Gasteiger partial charge >= 0.3 is 5.97 Å². The molecule has 0 aliphatic carbocycles. The molecule has 0 spiro atoms. The summed E-state index contributed by atoms with van der Waals surface area (Å²) in [5.74, 6) is -0.196. The van der Waals surface area contributed by atoms with Gasteiger partial charge in [-0.15, -0.1) is 6.58 Å². The highest BCUT2D eigenvalue weighted by Gasteiger charge is 2.31. The normalized spacial score (nSPS) is 15.2. The molecule has 0 rings (SSSR count). The van der Waals surface area contributed by atoms with Crippen molar-refractivity contribution in [2.24, 2.45) is 5.73 Å². The Bertz CT molecular complexity index is 161. The van der Waals surface area contributed by atoms with Gasteiger partial charge in [0.1, 0.15) is 5.54 Å². The van der Waals surface area contributed by atoms with Crippen molar-refractivity contribution in [1.82, 2.24) is 0 Å². The van der Waals surface area contributed by atoms with E-state index >= 15 is 0 Å². The molecule has 1 unspecified atom stereocenters. The fraction of sp³-hybridized carbons (Fsp3) is 0.571. The first-order valence-electron chi connectivity index (χ1n) is 3.20. The number of esters is 1. The quantitative estimate of drug-likeness (QED) is 0.368. The molecule has 64 valence electrons. The molecule has 0 radical (unpaired) electrons. The summed E-state index contributed by atoms with van der Waals surface area (Å²) >= 11 is 3.95. The second-order valence-corrected chi connectivity index (χ2v) is 2.61. The lowest BCUT2D eigenvalue weighted by Crippen LogP contribution is -2.50. The Morgan fingerprint density at radius 3 is 2.73 bits per heavy atom. The van der Waals surface area contributed by atoms with Crippen molar-refractivity contribution in [3.05, 3.63) is 12.7 Å². The number of hydrogen-bond acceptors (Lipinski definition) is 4. The summed E-state index contributed by atoms with van der Waals surface area (Å²) in [6.45, 7) is 3.49. The predicted molar refractivity (Wildman–Crippen MR) is 47.6 cm³/mol. The molecule has 0 aliphatic rings. The van der Waals surface area contributed by atoms with Crippen LogP contribution in [0.1, 0.15) is 6.42 Å². The maximum Gasteiger partial charge on any atom is 0.327 e. The number of nitrogens with two attached hydrogens (primary N) is 1. The van der Waals surface area contributed by atoms with Crippen molar-refractivity contribution in [3.8, 4) is 0 Å². The Balaban J connectivity index is 4.31. The van der Waals surface area contributed by atoms with Crippen molar-refractivity contribution in [3.63, 3.8) is 0 Å². The molecule has 3 nitrogen and oxygen atoms in total. The van der Waals surface area contributed by atoms with Gasteiger partial charge in [-0.1, -0.05) is 6.08 Å². The summed E-state index contributed by atoms with van der Waals surface area (Å²) in [6.07, 6.45) is 1.95.